The number of rotatable bonds is 4. The van der Waals surface area contributed by atoms with E-state index < -0.39 is 0 Å². The van der Waals surface area contributed by atoms with Gasteiger partial charge in [-0.15, -0.1) is 11.3 Å². The zero-order valence-corrected chi connectivity index (χ0v) is 15.8. The van der Waals surface area contributed by atoms with Gasteiger partial charge in [0.2, 0.25) is 0 Å². The van der Waals surface area contributed by atoms with Gasteiger partial charge in [0, 0.05) is 11.9 Å². The van der Waals surface area contributed by atoms with Crippen LogP contribution in [0.3, 0.4) is 0 Å². The molecule has 0 atom stereocenters. The largest absolute Gasteiger partial charge is 0.320 e. The average molecular weight is 369 g/mol. The summed E-state index contributed by atoms with van der Waals surface area (Å²) in [5.74, 6) is -0.407. The number of aromatic nitrogens is 1. The molecule has 136 valence electrons. The SMILES string of the molecule is CCn1c(CN2C(=O)c3ccccc3C2=O)csc1=NC1CCCCC1. The summed E-state index contributed by atoms with van der Waals surface area (Å²) in [4.78, 5) is 32.5. The van der Waals surface area contributed by atoms with Crippen LogP contribution in [0.5, 0.6) is 0 Å². The van der Waals surface area contributed by atoms with Gasteiger partial charge in [0.25, 0.3) is 11.8 Å². The van der Waals surface area contributed by atoms with Gasteiger partial charge in [-0.2, -0.15) is 0 Å². The van der Waals surface area contributed by atoms with Crippen LogP contribution in [0.15, 0.2) is 34.6 Å². The third kappa shape index (κ3) is 3.03. The van der Waals surface area contributed by atoms with Crippen LogP contribution in [0.4, 0.5) is 0 Å². The molecule has 0 bridgehead atoms. The number of hydrogen-bond acceptors (Lipinski definition) is 4. The molecule has 0 spiro atoms. The van der Waals surface area contributed by atoms with E-state index in [2.05, 4.69) is 11.5 Å². The second-order valence-electron chi connectivity index (χ2n) is 6.92. The predicted octanol–water partition coefficient (Wildman–Crippen LogP) is 3.60. The first-order valence-electron chi connectivity index (χ1n) is 9.35. The Hall–Kier alpha value is -2.21. The number of imide groups is 1. The fourth-order valence-electron chi connectivity index (χ4n) is 3.84. The molecule has 0 radical (unpaired) electrons. The molecule has 2 heterocycles. The molecule has 1 aliphatic carbocycles. The molecule has 2 aliphatic rings. The Bertz CT molecular complexity index is 871. The van der Waals surface area contributed by atoms with Gasteiger partial charge >= 0.3 is 0 Å². The minimum absolute atomic E-state index is 0.203. The number of carbonyl (C=O) groups is 2. The monoisotopic (exact) mass is 369 g/mol. The quantitative estimate of drug-likeness (QED) is 0.773. The summed E-state index contributed by atoms with van der Waals surface area (Å²) in [6.07, 6.45) is 6.15. The van der Waals surface area contributed by atoms with E-state index in [-0.39, 0.29) is 11.8 Å². The number of nitrogens with zero attached hydrogens (tertiary/aromatic N) is 3. The Labute approximate surface area is 157 Å². The molecule has 2 amide bonds. The van der Waals surface area contributed by atoms with Gasteiger partial charge in [0.15, 0.2) is 4.80 Å². The van der Waals surface area contributed by atoms with E-state index in [1.54, 1.807) is 35.6 Å². The third-order valence-electron chi connectivity index (χ3n) is 5.26. The summed E-state index contributed by atoms with van der Waals surface area (Å²) < 4.78 is 2.14. The molecule has 1 fully saturated rings. The van der Waals surface area contributed by atoms with Gasteiger partial charge in [-0.3, -0.25) is 19.5 Å². The summed E-state index contributed by atoms with van der Waals surface area (Å²) in [5, 5.41) is 2.04. The van der Waals surface area contributed by atoms with Gasteiger partial charge in [0.05, 0.1) is 29.4 Å². The summed E-state index contributed by atoms with van der Waals surface area (Å²) in [5.41, 5.74) is 1.98. The highest BCUT2D eigenvalue weighted by Gasteiger charge is 2.35. The number of amides is 2. The lowest BCUT2D eigenvalue weighted by Crippen LogP contribution is -2.31. The van der Waals surface area contributed by atoms with Crippen LogP contribution in [-0.4, -0.2) is 27.3 Å². The maximum Gasteiger partial charge on any atom is 0.261 e. The zero-order chi connectivity index (χ0) is 18.1. The van der Waals surface area contributed by atoms with Crippen molar-refractivity contribution in [3.8, 4) is 0 Å². The number of benzene rings is 1. The lowest BCUT2D eigenvalue weighted by molar-refractivity contribution is 0.0638. The Balaban J connectivity index is 1.61. The molecule has 4 rings (SSSR count). The fraction of sp³-hybridized carbons (Fsp3) is 0.450. The van der Waals surface area contributed by atoms with Gasteiger partial charge in [-0.1, -0.05) is 31.4 Å². The molecule has 0 unspecified atom stereocenters. The summed E-state index contributed by atoms with van der Waals surface area (Å²) >= 11 is 1.61. The topological polar surface area (TPSA) is 54.7 Å². The Morgan fingerprint density at radius 2 is 1.73 bits per heavy atom. The minimum Gasteiger partial charge on any atom is -0.320 e. The number of carbonyl (C=O) groups excluding carboxylic acids is 2. The normalized spacial score (nSPS) is 18.7. The highest BCUT2D eigenvalue weighted by Crippen LogP contribution is 2.24. The maximum atomic E-state index is 12.6. The van der Waals surface area contributed by atoms with Crippen LogP contribution in [0.25, 0.3) is 0 Å². The second kappa shape index (κ2) is 7.19. The van der Waals surface area contributed by atoms with Gasteiger partial charge in [-0.25, -0.2) is 0 Å². The maximum absolute atomic E-state index is 12.6. The van der Waals surface area contributed by atoms with Crippen LogP contribution in [-0.2, 0) is 13.1 Å². The number of fused-ring (bicyclic) bond motifs is 1. The van der Waals surface area contributed by atoms with E-state index >= 15 is 0 Å². The van der Waals surface area contributed by atoms with E-state index in [0.717, 1.165) is 29.9 Å². The highest BCUT2D eigenvalue weighted by molar-refractivity contribution is 7.07. The second-order valence-corrected chi connectivity index (χ2v) is 7.75. The van der Waals surface area contributed by atoms with Crippen molar-refractivity contribution in [3.63, 3.8) is 0 Å². The van der Waals surface area contributed by atoms with Crippen LogP contribution in [0, 0.1) is 0 Å². The van der Waals surface area contributed by atoms with Crippen molar-refractivity contribution in [1.29, 1.82) is 0 Å². The van der Waals surface area contributed by atoms with Crippen LogP contribution in [0.1, 0.15) is 65.4 Å². The molecule has 1 aromatic carbocycles. The smallest absolute Gasteiger partial charge is 0.261 e. The van der Waals surface area contributed by atoms with Crippen molar-refractivity contribution in [2.24, 2.45) is 4.99 Å². The molecule has 2 aromatic rings. The Morgan fingerprint density at radius 3 is 2.35 bits per heavy atom. The number of thiazole rings is 1. The summed E-state index contributed by atoms with van der Waals surface area (Å²) in [7, 11) is 0. The van der Waals surface area contributed by atoms with E-state index in [9.17, 15) is 9.59 Å². The molecule has 1 saturated carbocycles. The number of hydrogen-bond donors (Lipinski definition) is 0. The van der Waals surface area contributed by atoms with Gasteiger partial charge in [0.1, 0.15) is 0 Å². The molecule has 1 aliphatic heterocycles. The minimum atomic E-state index is -0.203. The highest BCUT2D eigenvalue weighted by atomic mass is 32.1. The molecule has 26 heavy (non-hydrogen) atoms. The van der Waals surface area contributed by atoms with E-state index in [0.29, 0.717) is 23.7 Å². The van der Waals surface area contributed by atoms with Crippen molar-refractivity contribution in [1.82, 2.24) is 9.47 Å². The van der Waals surface area contributed by atoms with Crippen LogP contribution >= 0.6 is 11.3 Å². The van der Waals surface area contributed by atoms with Crippen molar-refractivity contribution in [2.75, 3.05) is 0 Å². The summed E-state index contributed by atoms with van der Waals surface area (Å²) in [6.45, 7) is 3.17. The van der Waals surface area contributed by atoms with Crippen molar-refractivity contribution >= 4 is 23.2 Å². The van der Waals surface area contributed by atoms with E-state index in [4.69, 9.17) is 4.99 Å². The molecular weight excluding hydrogens is 346 g/mol. The average Bonchev–Trinajstić information content (AvgIpc) is 3.17. The van der Waals surface area contributed by atoms with Gasteiger partial charge in [-0.05, 0) is 31.9 Å². The summed E-state index contributed by atoms with van der Waals surface area (Å²) in [6, 6.07) is 7.45. The fourth-order valence-corrected chi connectivity index (χ4v) is 4.87. The van der Waals surface area contributed by atoms with Crippen molar-refractivity contribution in [2.45, 2.75) is 58.2 Å². The Morgan fingerprint density at radius 1 is 1.08 bits per heavy atom. The Kier molecular flexibility index (Phi) is 4.76. The van der Waals surface area contributed by atoms with E-state index in [1.807, 2.05) is 5.38 Å². The van der Waals surface area contributed by atoms with Crippen LogP contribution in [0.2, 0.25) is 0 Å². The predicted molar refractivity (Wildman–Crippen MR) is 101 cm³/mol. The molecule has 6 heteroatoms. The molecular formula is C20H23N3O2S. The molecule has 5 nitrogen and oxygen atoms in total. The standard InChI is InChI=1S/C20H23N3O2S/c1-2-22-15(13-26-20(22)21-14-8-4-3-5-9-14)12-23-18(24)16-10-6-7-11-17(16)19(23)25/h6-7,10-11,13-14H,2-5,8-9,12H2,1H3. The van der Waals surface area contributed by atoms with Crippen molar-refractivity contribution < 1.29 is 9.59 Å². The molecule has 1 aromatic heterocycles. The van der Waals surface area contributed by atoms with E-state index in [1.165, 1.54) is 24.2 Å². The lowest BCUT2D eigenvalue weighted by Gasteiger charge is -2.18. The molecule has 0 N–H and O–H groups in total. The van der Waals surface area contributed by atoms with Crippen molar-refractivity contribution in [3.05, 3.63) is 51.3 Å². The first kappa shape index (κ1) is 17.2. The first-order chi connectivity index (χ1) is 12.7. The van der Waals surface area contributed by atoms with Gasteiger partial charge < -0.3 is 4.57 Å². The lowest BCUT2D eigenvalue weighted by atomic mass is 9.96. The zero-order valence-electron chi connectivity index (χ0n) is 15.0. The third-order valence-corrected chi connectivity index (χ3v) is 6.19. The van der Waals surface area contributed by atoms with Crippen LogP contribution < -0.4 is 4.80 Å². The molecule has 0 saturated heterocycles. The first-order valence-corrected chi connectivity index (χ1v) is 10.2.